The van der Waals surface area contributed by atoms with E-state index in [1.807, 2.05) is 19.9 Å². The molecule has 0 N–H and O–H groups in total. The Bertz CT molecular complexity index is 406. The third-order valence-corrected chi connectivity index (χ3v) is 4.07. The molecule has 1 aromatic rings. The summed E-state index contributed by atoms with van der Waals surface area (Å²) in [6.45, 7) is 6.83. The highest BCUT2D eigenvalue weighted by atomic mass is 19.1. The largest absolute Gasteiger partial charge is 0.378 e. The second-order valence-electron chi connectivity index (χ2n) is 5.47. The molecule has 0 amide bonds. The van der Waals surface area contributed by atoms with Crippen LogP contribution >= 0.6 is 0 Å². The Morgan fingerprint density at radius 3 is 2.61 bits per heavy atom. The fraction of sp³-hybridized carbons (Fsp3) is 0.625. The van der Waals surface area contributed by atoms with Crippen molar-refractivity contribution in [2.24, 2.45) is 5.92 Å². The van der Waals surface area contributed by atoms with Crippen LogP contribution in [0.2, 0.25) is 0 Å². The van der Waals surface area contributed by atoms with E-state index in [-0.39, 0.29) is 5.82 Å². The van der Waals surface area contributed by atoms with E-state index in [9.17, 15) is 4.39 Å². The third-order valence-electron chi connectivity index (χ3n) is 4.07. The molecular formula is C16H23FO. The Balaban J connectivity index is 2.08. The van der Waals surface area contributed by atoms with E-state index in [0.29, 0.717) is 12.0 Å². The summed E-state index contributed by atoms with van der Waals surface area (Å²) in [6, 6.07) is 4.03. The monoisotopic (exact) mass is 250 g/mol. The van der Waals surface area contributed by atoms with Gasteiger partial charge in [0.05, 0.1) is 12.7 Å². The molecule has 1 nitrogen and oxygen atoms in total. The van der Waals surface area contributed by atoms with Gasteiger partial charge in [0.1, 0.15) is 5.82 Å². The first-order valence-corrected chi connectivity index (χ1v) is 7.00. The fourth-order valence-corrected chi connectivity index (χ4v) is 2.68. The van der Waals surface area contributed by atoms with Crippen LogP contribution in [0.3, 0.4) is 0 Å². The topological polar surface area (TPSA) is 9.23 Å². The molecule has 1 aliphatic heterocycles. The lowest BCUT2D eigenvalue weighted by Crippen LogP contribution is -2.25. The normalized spacial score (nSPS) is 24.2. The van der Waals surface area contributed by atoms with Crippen LogP contribution in [-0.4, -0.2) is 12.7 Å². The predicted octanol–water partition coefficient (Wildman–Crippen LogP) is 4.05. The summed E-state index contributed by atoms with van der Waals surface area (Å²) in [5, 5.41) is 0. The second-order valence-corrected chi connectivity index (χ2v) is 5.47. The zero-order valence-electron chi connectivity index (χ0n) is 11.6. The van der Waals surface area contributed by atoms with Crippen LogP contribution in [0.5, 0.6) is 0 Å². The van der Waals surface area contributed by atoms with E-state index < -0.39 is 0 Å². The van der Waals surface area contributed by atoms with Gasteiger partial charge in [0.15, 0.2) is 0 Å². The van der Waals surface area contributed by atoms with E-state index in [2.05, 4.69) is 13.0 Å². The van der Waals surface area contributed by atoms with Crippen molar-refractivity contribution in [2.45, 2.75) is 52.6 Å². The summed E-state index contributed by atoms with van der Waals surface area (Å²) in [5.74, 6) is 0.534. The van der Waals surface area contributed by atoms with Crippen molar-refractivity contribution in [2.75, 3.05) is 6.61 Å². The summed E-state index contributed by atoms with van der Waals surface area (Å²) >= 11 is 0. The van der Waals surface area contributed by atoms with E-state index in [1.54, 1.807) is 0 Å². The van der Waals surface area contributed by atoms with Crippen LogP contribution in [0.4, 0.5) is 4.39 Å². The Kier molecular flexibility index (Phi) is 4.39. The minimum absolute atomic E-state index is 0.0138. The van der Waals surface area contributed by atoms with Crippen molar-refractivity contribution in [1.82, 2.24) is 0 Å². The van der Waals surface area contributed by atoms with Crippen LogP contribution in [0, 0.1) is 18.7 Å². The first-order valence-electron chi connectivity index (χ1n) is 7.00. The second kappa shape index (κ2) is 5.83. The average molecular weight is 250 g/mol. The fourth-order valence-electron chi connectivity index (χ4n) is 2.68. The van der Waals surface area contributed by atoms with Crippen molar-refractivity contribution < 1.29 is 9.13 Å². The molecule has 0 aliphatic carbocycles. The SMILES string of the molecule is CCc1ccc(CC2CCC(C)OC2)c(C)c1F. The molecule has 0 spiro atoms. The van der Waals surface area contributed by atoms with Gasteiger partial charge in [0, 0.05) is 0 Å². The molecule has 2 rings (SSSR count). The van der Waals surface area contributed by atoms with Crippen LogP contribution < -0.4 is 0 Å². The smallest absolute Gasteiger partial charge is 0.129 e. The van der Waals surface area contributed by atoms with Crippen molar-refractivity contribution in [3.05, 3.63) is 34.6 Å². The molecule has 0 aromatic heterocycles. The number of halogens is 1. The lowest BCUT2D eigenvalue weighted by Gasteiger charge is -2.27. The number of hydrogen-bond acceptors (Lipinski definition) is 1. The van der Waals surface area contributed by atoms with Crippen LogP contribution in [-0.2, 0) is 17.6 Å². The van der Waals surface area contributed by atoms with Gasteiger partial charge in [-0.1, -0.05) is 19.1 Å². The maximum atomic E-state index is 14.0. The average Bonchev–Trinajstić information content (AvgIpc) is 2.38. The van der Waals surface area contributed by atoms with Crippen LogP contribution in [0.25, 0.3) is 0 Å². The lowest BCUT2D eigenvalue weighted by molar-refractivity contribution is -0.00472. The summed E-state index contributed by atoms with van der Waals surface area (Å²) < 4.78 is 19.7. The van der Waals surface area contributed by atoms with Gasteiger partial charge in [0.2, 0.25) is 0 Å². The highest BCUT2D eigenvalue weighted by Gasteiger charge is 2.20. The van der Waals surface area contributed by atoms with E-state index in [4.69, 9.17) is 4.74 Å². The van der Waals surface area contributed by atoms with Gasteiger partial charge in [-0.2, -0.15) is 0 Å². The number of rotatable bonds is 3. The zero-order chi connectivity index (χ0) is 13.1. The van der Waals surface area contributed by atoms with Gasteiger partial charge in [-0.3, -0.25) is 0 Å². The third kappa shape index (κ3) is 2.92. The van der Waals surface area contributed by atoms with Gasteiger partial charge in [-0.05, 0) is 62.1 Å². The highest BCUT2D eigenvalue weighted by molar-refractivity contribution is 5.33. The molecule has 2 unspecified atom stereocenters. The van der Waals surface area contributed by atoms with Gasteiger partial charge in [-0.15, -0.1) is 0 Å². The van der Waals surface area contributed by atoms with E-state index in [1.165, 1.54) is 6.42 Å². The van der Waals surface area contributed by atoms with Gasteiger partial charge >= 0.3 is 0 Å². The zero-order valence-corrected chi connectivity index (χ0v) is 11.6. The number of ether oxygens (including phenoxy) is 1. The number of benzene rings is 1. The van der Waals surface area contributed by atoms with Gasteiger partial charge < -0.3 is 4.74 Å². The quantitative estimate of drug-likeness (QED) is 0.786. The molecule has 18 heavy (non-hydrogen) atoms. The highest BCUT2D eigenvalue weighted by Crippen LogP contribution is 2.25. The molecule has 2 atom stereocenters. The molecule has 0 radical (unpaired) electrons. The minimum Gasteiger partial charge on any atom is -0.378 e. The molecule has 1 heterocycles. The molecule has 100 valence electrons. The molecule has 2 heteroatoms. The summed E-state index contributed by atoms with van der Waals surface area (Å²) in [6.07, 6.45) is 4.41. The Labute approximate surface area is 109 Å². The molecule has 1 aliphatic rings. The minimum atomic E-state index is -0.0138. The molecule has 1 fully saturated rings. The molecule has 1 saturated heterocycles. The van der Waals surface area contributed by atoms with Crippen LogP contribution in [0.1, 0.15) is 43.4 Å². The maximum absolute atomic E-state index is 14.0. The molecular weight excluding hydrogens is 227 g/mol. The van der Waals surface area contributed by atoms with Gasteiger partial charge in [0.25, 0.3) is 0 Å². The Morgan fingerprint density at radius 1 is 1.28 bits per heavy atom. The molecule has 0 bridgehead atoms. The maximum Gasteiger partial charge on any atom is 0.129 e. The van der Waals surface area contributed by atoms with E-state index >= 15 is 0 Å². The Hall–Kier alpha value is -0.890. The van der Waals surface area contributed by atoms with Crippen molar-refractivity contribution in [1.29, 1.82) is 0 Å². The van der Waals surface area contributed by atoms with Crippen molar-refractivity contribution >= 4 is 0 Å². The standard InChI is InChI=1S/C16H23FO/c1-4-14-7-8-15(12(3)16(14)17)9-13-6-5-11(2)18-10-13/h7-8,11,13H,4-6,9-10H2,1-3H3. The first kappa shape index (κ1) is 13.5. The van der Waals surface area contributed by atoms with Gasteiger partial charge in [-0.25, -0.2) is 4.39 Å². The van der Waals surface area contributed by atoms with E-state index in [0.717, 1.165) is 42.6 Å². The first-order chi connectivity index (χ1) is 8.61. The summed E-state index contributed by atoms with van der Waals surface area (Å²) in [7, 11) is 0. The van der Waals surface area contributed by atoms with Crippen molar-refractivity contribution in [3.63, 3.8) is 0 Å². The molecule has 0 saturated carbocycles. The Morgan fingerprint density at radius 2 is 2.00 bits per heavy atom. The summed E-state index contributed by atoms with van der Waals surface area (Å²) in [5.41, 5.74) is 2.80. The lowest BCUT2D eigenvalue weighted by atomic mass is 9.89. The number of hydrogen-bond donors (Lipinski definition) is 0. The number of aryl methyl sites for hydroxylation is 1. The molecule has 1 aromatic carbocycles. The predicted molar refractivity (Wildman–Crippen MR) is 72.4 cm³/mol. The van der Waals surface area contributed by atoms with Crippen molar-refractivity contribution in [3.8, 4) is 0 Å². The van der Waals surface area contributed by atoms with Crippen LogP contribution in [0.15, 0.2) is 12.1 Å². The summed E-state index contributed by atoms with van der Waals surface area (Å²) in [4.78, 5) is 0.